The number of hydrogen-bond donors (Lipinski definition) is 4. The van der Waals surface area contributed by atoms with Crippen LogP contribution in [0.15, 0.2) is 35.3 Å². The predicted molar refractivity (Wildman–Crippen MR) is 137 cm³/mol. The maximum atomic E-state index is 15.2. The molecule has 5 N–H and O–H groups in total. The van der Waals surface area contributed by atoms with Crippen LogP contribution in [0.3, 0.4) is 0 Å². The van der Waals surface area contributed by atoms with Crippen LogP contribution in [-0.2, 0) is 9.59 Å². The minimum Gasteiger partial charge on any atom is -0.477 e. The molecular formula is C26H25F3N6O5. The van der Waals surface area contributed by atoms with Crippen molar-refractivity contribution in [3.63, 3.8) is 0 Å². The fraction of sp³-hybridized carbons (Fsp3) is 0.346. The van der Waals surface area contributed by atoms with Crippen molar-refractivity contribution in [3.05, 3.63) is 63.7 Å². The molecule has 1 saturated heterocycles. The molecule has 0 spiro atoms. The van der Waals surface area contributed by atoms with Crippen LogP contribution in [-0.4, -0.2) is 63.7 Å². The van der Waals surface area contributed by atoms with Crippen molar-refractivity contribution in [1.82, 2.24) is 20.2 Å². The standard InChI is InChI=1S/C26H25F3N6O5/c1-10(30)24(37)31-11(2)25(38)32-20-14-7-34(8-15(14)20)23-18(29)6-13-21(36)16(26(39)40)9-35(22(13)33-23)19-4-3-12(27)5-17(19)28/h3-6,9-11,14-15,20H,7-8,30H2,1-2H3,(H,31,37)(H,32,38)(H,39,40)/t10-,11-,14-,15?,20?/m0/s1. The second-order valence-electron chi connectivity index (χ2n) is 10.1. The van der Waals surface area contributed by atoms with Crippen molar-refractivity contribution >= 4 is 34.6 Å². The van der Waals surface area contributed by atoms with Crippen LogP contribution in [0.25, 0.3) is 16.7 Å². The van der Waals surface area contributed by atoms with Gasteiger partial charge >= 0.3 is 5.97 Å². The van der Waals surface area contributed by atoms with E-state index >= 15 is 4.39 Å². The molecule has 0 bridgehead atoms. The molecule has 5 atom stereocenters. The lowest BCUT2D eigenvalue weighted by Gasteiger charge is -2.23. The summed E-state index contributed by atoms with van der Waals surface area (Å²) in [6, 6.07) is 1.71. The lowest BCUT2D eigenvalue weighted by molar-refractivity contribution is -0.129. The van der Waals surface area contributed by atoms with Crippen molar-refractivity contribution in [1.29, 1.82) is 0 Å². The Labute approximate surface area is 224 Å². The molecule has 3 heterocycles. The first kappa shape index (κ1) is 27.1. The molecule has 40 heavy (non-hydrogen) atoms. The van der Waals surface area contributed by atoms with Gasteiger partial charge in [0.1, 0.15) is 23.2 Å². The number of aromatic carboxylic acids is 1. The van der Waals surface area contributed by atoms with E-state index in [1.165, 1.54) is 13.8 Å². The highest BCUT2D eigenvalue weighted by molar-refractivity contribution is 5.93. The number of carboxylic acids is 1. The fourth-order valence-electron chi connectivity index (χ4n) is 5.06. The van der Waals surface area contributed by atoms with Crippen molar-refractivity contribution in [2.45, 2.75) is 32.0 Å². The fourth-order valence-corrected chi connectivity index (χ4v) is 5.06. The molecule has 1 aliphatic heterocycles. The third-order valence-corrected chi connectivity index (χ3v) is 7.28. The molecule has 3 aromatic rings. The molecular weight excluding hydrogens is 533 g/mol. The molecule has 2 unspecified atom stereocenters. The zero-order valence-corrected chi connectivity index (χ0v) is 21.3. The van der Waals surface area contributed by atoms with Crippen LogP contribution in [0.2, 0.25) is 0 Å². The summed E-state index contributed by atoms with van der Waals surface area (Å²) in [6.07, 6.45) is 0.871. The van der Waals surface area contributed by atoms with E-state index in [0.717, 1.165) is 29.0 Å². The average Bonchev–Trinajstić information content (AvgIpc) is 3.31. The van der Waals surface area contributed by atoms with Crippen LogP contribution < -0.4 is 26.7 Å². The minimum absolute atomic E-state index is 0.0247. The Hall–Kier alpha value is -4.46. The van der Waals surface area contributed by atoms with Crippen molar-refractivity contribution in [2.75, 3.05) is 18.0 Å². The number of halogens is 3. The molecule has 0 radical (unpaired) electrons. The topological polar surface area (TPSA) is 160 Å². The van der Waals surface area contributed by atoms with Gasteiger partial charge in [-0.25, -0.2) is 22.9 Å². The Kier molecular flexibility index (Phi) is 6.74. The number of pyridine rings is 2. The highest BCUT2D eigenvalue weighted by Gasteiger charge is 2.57. The Balaban J connectivity index is 1.42. The van der Waals surface area contributed by atoms with Crippen LogP contribution in [0.1, 0.15) is 24.2 Å². The lowest BCUT2D eigenvalue weighted by atomic mass is 10.1. The van der Waals surface area contributed by atoms with Crippen LogP contribution in [0.4, 0.5) is 19.0 Å². The Morgan fingerprint density at radius 2 is 1.75 bits per heavy atom. The molecule has 2 aliphatic rings. The van der Waals surface area contributed by atoms with Crippen LogP contribution >= 0.6 is 0 Å². The van der Waals surface area contributed by atoms with E-state index in [4.69, 9.17) is 5.73 Å². The molecule has 2 aromatic heterocycles. The number of nitrogens with zero attached hydrogens (tertiary/aromatic N) is 3. The number of anilines is 1. The Bertz CT molecular complexity index is 1610. The number of carboxylic acid groups (broad SMARTS) is 1. The number of carbonyl (C=O) groups is 3. The maximum Gasteiger partial charge on any atom is 0.341 e. The number of nitrogens with one attached hydrogen (secondary N) is 2. The van der Waals surface area contributed by atoms with Gasteiger partial charge in [0.2, 0.25) is 17.2 Å². The molecule has 5 rings (SSSR count). The minimum atomic E-state index is -1.60. The molecule has 1 aliphatic carbocycles. The summed E-state index contributed by atoms with van der Waals surface area (Å²) in [6.45, 7) is 3.66. The highest BCUT2D eigenvalue weighted by atomic mass is 19.1. The van der Waals surface area contributed by atoms with Crippen LogP contribution in [0, 0.1) is 29.3 Å². The van der Waals surface area contributed by atoms with Gasteiger partial charge in [0.25, 0.3) is 0 Å². The number of amides is 2. The smallest absolute Gasteiger partial charge is 0.341 e. The lowest BCUT2D eigenvalue weighted by Crippen LogP contribution is -2.50. The number of nitrogens with two attached hydrogens (primary N) is 1. The number of piperidine rings is 1. The molecule has 14 heteroatoms. The summed E-state index contributed by atoms with van der Waals surface area (Å²) in [5.74, 6) is -5.42. The molecule has 2 fully saturated rings. The summed E-state index contributed by atoms with van der Waals surface area (Å²) in [5.41, 5.74) is 3.28. The first-order chi connectivity index (χ1) is 18.9. The highest BCUT2D eigenvalue weighted by Crippen LogP contribution is 2.47. The quantitative estimate of drug-likeness (QED) is 0.333. The summed E-state index contributed by atoms with van der Waals surface area (Å²) in [5, 5.41) is 14.5. The van der Waals surface area contributed by atoms with Crippen LogP contribution in [0.5, 0.6) is 0 Å². The third kappa shape index (κ3) is 4.74. The first-order valence-corrected chi connectivity index (χ1v) is 12.4. The largest absolute Gasteiger partial charge is 0.477 e. The predicted octanol–water partition coefficient (Wildman–Crippen LogP) is 0.904. The number of benzene rings is 1. The monoisotopic (exact) mass is 558 g/mol. The van der Waals surface area contributed by atoms with Gasteiger partial charge < -0.3 is 26.4 Å². The van der Waals surface area contributed by atoms with E-state index in [-0.39, 0.29) is 46.3 Å². The van der Waals surface area contributed by atoms with Crippen molar-refractivity contribution < 1.29 is 32.7 Å². The van der Waals surface area contributed by atoms with E-state index in [0.29, 0.717) is 19.2 Å². The SMILES string of the molecule is C[C@H](N)C(=O)N[C@@H](C)C(=O)NC1C2CN(c3nc4c(cc3F)c(=O)c(C(=O)O)cn4-c3ccc(F)cc3F)C[C@@H]21. The summed E-state index contributed by atoms with van der Waals surface area (Å²) >= 11 is 0. The number of rotatable bonds is 7. The normalized spacial score (nSPS) is 21.1. The van der Waals surface area contributed by atoms with Crippen molar-refractivity contribution in [2.24, 2.45) is 17.6 Å². The zero-order chi connectivity index (χ0) is 29.0. The third-order valence-electron chi connectivity index (χ3n) is 7.28. The number of aromatic nitrogens is 2. The number of fused-ring (bicyclic) bond motifs is 2. The average molecular weight is 559 g/mol. The Morgan fingerprint density at radius 1 is 1.07 bits per heavy atom. The molecule has 2 amide bonds. The molecule has 11 nitrogen and oxygen atoms in total. The zero-order valence-electron chi connectivity index (χ0n) is 21.3. The van der Waals surface area contributed by atoms with Gasteiger partial charge in [-0.2, -0.15) is 0 Å². The summed E-state index contributed by atoms with van der Waals surface area (Å²) < 4.78 is 44.5. The van der Waals surface area contributed by atoms with E-state index in [1.807, 2.05) is 0 Å². The van der Waals surface area contributed by atoms with E-state index in [1.54, 1.807) is 4.90 Å². The van der Waals surface area contributed by atoms with Gasteiger partial charge in [-0.05, 0) is 32.0 Å². The first-order valence-electron chi connectivity index (χ1n) is 12.4. The molecule has 1 aromatic carbocycles. The summed E-state index contributed by atoms with van der Waals surface area (Å²) in [4.78, 5) is 54.6. The van der Waals surface area contributed by atoms with E-state index in [2.05, 4.69) is 15.6 Å². The molecule has 210 valence electrons. The van der Waals surface area contributed by atoms with E-state index in [9.17, 15) is 33.1 Å². The second-order valence-corrected chi connectivity index (χ2v) is 10.1. The van der Waals surface area contributed by atoms with Gasteiger partial charge in [0.05, 0.1) is 17.1 Å². The summed E-state index contributed by atoms with van der Waals surface area (Å²) in [7, 11) is 0. The number of carbonyl (C=O) groups excluding carboxylic acids is 2. The molecule has 1 saturated carbocycles. The van der Waals surface area contributed by atoms with Gasteiger partial charge in [-0.15, -0.1) is 0 Å². The number of hydrogen-bond acceptors (Lipinski definition) is 7. The van der Waals surface area contributed by atoms with E-state index < -0.39 is 52.4 Å². The van der Waals surface area contributed by atoms with Gasteiger partial charge in [0.15, 0.2) is 17.3 Å². The van der Waals surface area contributed by atoms with Gasteiger partial charge in [-0.3, -0.25) is 19.0 Å². The van der Waals surface area contributed by atoms with Gasteiger partial charge in [-0.1, -0.05) is 0 Å². The van der Waals surface area contributed by atoms with Crippen molar-refractivity contribution in [3.8, 4) is 5.69 Å². The maximum absolute atomic E-state index is 15.2. The second kappa shape index (κ2) is 9.93. The Morgan fingerprint density at radius 3 is 2.35 bits per heavy atom. The van der Waals surface area contributed by atoms with Gasteiger partial charge in [0, 0.05) is 43.2 Å².